The lowest BCUT2D eigenvalue weighted by Crippen LogP contribution is -2.29. The molecule has 1 aliphatic rings. The smallest absolute Gasteiger partial charge is 0.266 e. The predicted molar refractivity (Wildman–Crippen MR) is 104 cm³/mol. The molecule has 0 bridgehead atoms. The number of hydrogen-bond acceptors (Lipinski definition) is 7. The molecule has 1 N–H and O–H groups in total. The summed E-state index contributed by atoms with van der Waals surface area (Å²) in [6.45, 7) is 0.442. The quantitative estimate of drug-likeness (QED) is 0.595. The molecule has 124 valence electrons. The van der Waals surface area contributed by atoms with Crippen LogP contribution >= 0.6 is 46.7 Å². The highest BCUT2D eigenvalue weighted by Crippen LogP contribution is 2.33. The molecule has 0 spiro atoms. The zero-order valence-electron chi connectivity index (χ0n) is 12.4. The number of nitrogens with zero attached hydrogens (tertiary/aromatic N) is 2. The van der Waals surface area contributed by atoms with Crippen molar-refractivity contribution in [3.8, 4) is 0 Å². The normalized spacial score (nSPS) is 16.2. The molecule has 0 unspecified atom stereocenters. The summed E-state index contributed by atoms with van der Waals surface area (Å²) in [4.78, 5) is 31.5. The topological polar surface area (TPSA) is 62.3 Å². The summed E-state index contributed by atoms with van der Waals surface area (Å²) < 4.78 is 0.545. The molecule has 0 aliphatic carbocycles. The summed E-state index contributed by atoms with van der Waals surface area (Å²) in [5.74, 6) is -0.191. The highest BCUT2D eigenvalue weighted by molar-refractivity contribution is 8.26. The van der Waals surface area contributed by atoms with Crippen LogP contribution in [0.25, 0.3) is 6.08 Å². The summed E-state index contributed by atoms with van der Waals surface area (Å²) in [7, 11) is 0. The van der Waals surface area contributed by atoms with Gasteiger partial charge in [0, 0.05) is 29.4 Å². The van der Waals surface area contributed by atoms with E-state index in [-0.39, 0.29) is 11.8 Å². The number of carbonyl (C=O) groups is 2. The summed E-state index contributed by atoms with van der Waals surface area (Å²) in [5.41, 5.74) is 0. The van der Waals surface area contributed by atoms with Crippen LogP contribution in [0.15, 0.2) is 34.0 Å². The Morgan fingerprint density at radius 2 is 2.25 bits per heavy atom. The SMILES string of the molecule is O=C(CCCN1C(=O)/C(=C/c2cccs2)SC1=S)Nc1nccs1. The van der Waals surface area contributed by atoms with E-state index in [0.717, 1.165) is 4.88 Å². The monoisotopic (exact) mass is 395 g/mol. The van der Waals surface area contributed by atoms with Crippen molar-refractivity contribution in [2.24, 2.45) is 0 Å². The van der Waals surface area contributed by atoms with Gasteiger partial charge in [0.15, 0.2) is 5.13 Å². The van der Waals surface area contributed by atoms with E-state index in [4.69, 9.17) is 12.2 Å². The Bertz CT molecular complexity index is 769. The Labute approximate surface area is 156 Å². The minimum absolute atomic E-state index is 0.0845. The fraction of sp³-hybridized carbons (Fsp3) is 0.200. The second kappa shape index (κ2) is 8.02. The average molecular weight is 396 g/mol. The van der Waals surface area contributed by atoms with Crippen LogP contribution in [0.2, 0.25) is 0 Å². The van der Waals surface area contributed by atoms with Crippen molar-refractivity contribution >= 4 is 74.0 Å². The molecular weight excluding hydrogens is 382 g/mol. The van der Waals surface area contributed by atoms with Crippen LogP contribution < -0.4 is 5.32 Å². The Morgan fingerprint density at radius 3 is 2.96 bits per heavy atom. The van der Waals surface area contributed by atoms with Gasteiger partial charge in [-0.1, -0.05) is 30.0 Å². The first-order valence-electron chi connectivity index (χ1n) is 7.12. The number of aromatic nitrogens is 1. The second-order valence-corrected chi connectivity index (χ2v) is 8.39. The fourth-order valence-electron chi connectivity index (χ4n) is 2.06. The molecule has 5 nitrogen and oxygen atoms in total. The molecule has 3 rings (SSSR count). The number of thiocarbonyl (C=S) groups is 1. The lowest BCUT2D eigenvalue weighted by molar-refractivity contribution is -0.122. The standard InChI is InChI=1S/C15H13N3O2S4/c19-12(17-14-16-5-8-23-14)4-1-6-18-13(20)11(24-15(18)21)9-10-3-2-7-22-10/h2-3,5,7-9H,1,4,6H2,(H,16,17,19)/b11-9-. The molecule has 1 saturated heterocycles. The number of nitrogens with one attached hydrogen (secondary N) is 1. The first-order chi connectivity index (χ1) is 11.6. The zero-order chi connectivity index (χ0) is 16.9. The van der Waals surface area contributed by atoms with E-state index in [2.05, 4.69) is 10.3 Å². The van der Waals surface area contributed by atoms with Crippen molar-refractivity contribution < 1.29 is 9.59 Å². The van der Waals surface area contributed by atoms with E-state index < -0.39 is 0 Å². The van der Waals surface area contributed by atoms with Crippen molar-refractivity contribution in [1.82, 2.24) is 9.88 Å². The molecule has 1 aliphatic heterocycles. The minimum atomic E-state index is -0.107. The van der Waals surface area contributed by atoms with Crippen molar-refractivity contribution in [1.29, 1.82) is 0 Å². The predicted octanol–water partition coefficient (Wildman–Crippen LogP) is 3.82. The largest absolute Gasteiger partial charge is 0.302 e. The molecule has 2 aromatic heterocycles. The van der Waals surface area contributed by atoms with Crippen LogP contribution in [0.1, 0.15) is 17.7 Å². The Morgan fingerprint density at radius 1 is 1.38 bits per heavy atom. The Balaban J connectivity index is 1.51. The van der Waals surface area contributed by atoms with Gasteiger partial charge in [-0.25, -0.2) is 4.98 Å². The number of anilines is 1. The third kappa shape index (κ3) is 4.29. The molecule has 3 heterocycles. The molecule has 9 heteroatoms. The lowest BCUT2D eigenvalue weighted by Gasteiger charge is -2.13. The molecule has 2 amide bonds. The maximum Gasteiger partial charge on any atom is 0.266 e. The number of rotatable bonds is 6. The third-order valence-corrected chi connectivity index (χ3v) is 6.04. The van der Waals surface area contributed by atoms with Crippen LogP contribution in [-0.4, -0.2) is 32.6 Å². The summed E-state index contributed by atoms with van der Waals surface area (Å²) in [5, 5.41) is 7.08. The van der Waals surface area contributed by atoms with Gasteiger partial charge in [-0.05, 0) is 23.9 Å². The van der Waals surface area contributed by atoms with Crippen LogP contribution in [0.3, 0.4) is 0 Å². The molecule has 1 fully saturated rings. The van der Waals surface area contributed by atoms with Gasteiger partial charge in [0.05, 0.1) is 4.91 Å². The highest BCUT2D eigenvalue weighted by Gasteiger charge is 2.31. The van der Waals surface area contributed by atoms with E-state index in [1.54, 1.807) is 27.8 Å². The highest BCUT2D eigenvalue weighted by atomic mass is 32.2. The molecule has 0 saturated carbocycles. The van der Waals surface area contributed by atoms with Crippen LogP contribution in [-0.2, 0) is 9.59 Å². The van der Waals surface area contributed by atoms with Crippen molar-refractivity contribution in [2.75, 3.05) is 11.9 Å². The van der Waals surface area contributed by atoms with Gasteiger partial charge in [0.2, 0.25) is 5.91 Å². The minimum Gasteiger partial charge on any atom is -0.302 e. The first-order valence-corrected chi connectivity index (χ1v) is 10.1. The summed E-state index contributed by atoms with van der Waals surface area (Å²) >= 11 is 9.54. The first kappa shape index (κ1) is 17.3. The van der Waals surface area contributed by atoms with Crippen molar-refractivity contribution in [3.63, 3.8) is 0 Å². The van der Waals surface area contributed by atoms with E-state index in [1.165, 1.54) is 23.1 Å². The zero-order valence-corrected chi connectivity index (χ0v) is 15.7. The maximum atomic E-state index is 12.4. The maximum absolute atomic E-state index is 12.4. The summed E-state index contributed by atoms with van der Waals surface area (Å²) in [6, 6.07) is 3.90. The molecule has 0 radical (unpaired) electrons. The van der Waals surface area contributed by atoms with Gasteiger partial charge in [-0.3, -0.25) is 14.5 Å². The van der Waals surface area contributed by atoms with Gasteiger partial charge in [-0.15, -0.1) is 22.7 Å². The van der Waals surface area contributed by atoms with Crippen LogP contribution in [0.4, 0.5) is 5.13 Å². The van der Waals surface area contributed by atoms with E-state index >= 15 is 0 Å². The molecular formula is C15H13N3O2S4. The number of thioether (sulfide) groups is 1. The van der Waals surface area contributed by atoms with Gasteiger partial charge in [0.25, 0.3) is 5.91 Å². The van der Waals surface area contributed by atoms with Crippen molar-refractivity contribution in [2.45, 2.75) is 12.8 Å². The Hall–Kier alpha value is -1.55. The van der Waals surface area contributed by atoms with Gasteiger partial charge < -0.3 is 5.32 Å². The van der Waals surface area contributed by atoms with Crippen LogP contribution in [0, 0.1) is 0 Å². The number of thiophene rings is 1. The molecule has 0 atom stereocenters. The van der Waals surface area contributed by atoms with Gasteiger partial charge in [-0.2, -0.15) is 0 Å². The van der Waals surface area contributed by atoms with Gasteiger partial charge >= 0.3 is 0 Å². The molecule has 24 heavy (non-hydrogen) atoms. The fourth-order valence-corrected chi connectivity index (χ4v) is 4.64. The van der Waals surface area contributed by atoms with Gasteiger partial charge in [0.1, 0.15) is 4.32 Å². The van der Waals surface area contributed by atoms with E-state index in [0.29, 0.717) is 33.7 Å². The van der Waals surface area contributed by atoms with Crippen molar-refractivity contribution in [3.05, 3.63) is 38.9 Å². The average Bonchev–Trinajstić information content (AvgIpc) is 3.27. The van der Waals surface area contributed by atoms with E-state index in [9.17, 15) is 9.59 Å². The number of thiazole rings is 1. The second-order valence-electron chi connectivity index (χ2n) is 4.84. The van der Waals surface area contributed by atoms with Crippen LogP contribution in [0.5, 0.6) is 0 Å². The Kier molecular flexibility index (Phi) is 5.77. The number of amides is 2. The third-order valence-electron chi connectivity index (χ3n) is 3.15. The molecule has 2 aromatic rings. The number of hydrogen-bond donors (Lipinski definition) is 1. The lowest BCUT2D eigenvalue weighted by atomic mass is 10.2. The number of carbonyl (C=O) groups excluding carboxylic acids is 2. The summed E-state index contributed by atoms with van der Waals surface area (Å²) in [6.07, 6.45) is 4.37. The van der Waals surface area contributed by atoms with E-state index in [1.807, 2.05) is 23.6 Å². The molecule has 0 aromatic carbocycles.